The molecule has 1 aromatic carbocycles. The van der Waals surface area contributed by atoms with E-state index in [1.807, 2.05) is 0 Å². The van der Waals surface area contributed by atoms with Crippen molar-refractivity contribution in [3.05, 3.63) is 41.4 Å². The molecule has 5 nitrogen and oxygen atoms in total. The summed E-state index contributed by atoms with van der Waals surface area (Å²) in [7, 11) is 0. The zero-order valence-corrected chi connectivity index (χ0v) is 12.6. The number of imide groups is 1. The van der Waals surface area contributed by atoms with E-state index in [0.29, 0.717) is 10.7 Å². The number of fused-ring (bicyclic) bond motifs is 5. The number of carbonyl (C=O) groups is 2. The van der Waals surface area contributed by atoms with Crippen LogP contribution >= 0.6 is 11.6 Å². The van der Waals surface area contributed by atoms with Gasteiger partial charge in [0.05, 0.1) is 29.7 Å². The zero-order chi connectivity index (χ0) is 15.7. The molecule has 3 heterocycles. The van der Waals surface area contributed by atoms with E-state index in [0.717, 1.165) is 0 Å². The van der Waals surface area contributed by atoms with Gasteiger partial charge >= 0.3 is 0 Å². The first kappa shape index (κ1) is 13.9. The van der Waals surface area contributed by atoms with Crippen molar-refractivity contribution in [3.8, 4) is 0 Å². The molecule has 2 bridgehead atoms. The van der Waals surface area contributed by atoms with Crippen molar-refractivity contribution >= 4 is 29.1 Å². The van der Waals surface area contributed by atoms with Crippen LogP contribution in [-0.2, 0) is 14.3 Å². The van der Waals surface area contributed by atoms with Gasteiger partial charge in [-0.05, 0) is 25.1 Å². The second-order valence-corrected chi connectivity index (χ2v) is 6.62. The minimum atomic E-state index is -1.10. The summed E-state index contributed by atoms with van der Waals surface area (Å²) in [5, 5.41) is 10.2. The maximum Gasteiger partial charge on any atom is 0.241 e. The van der Waals surface area contributed by atoms with Crippen LogP contribution in [0.2, 0.25) is 5.02 Å². The lowest BCUT2D eigenvalue weighted by atomic mass is 9.73. The molecule has 0 spiro atoms. The second kappa shape index (κ2) is 4.19. The van der Waals surface area contributed by atoms with Gasteiger partial charge in [-0.2, -0.15) is 0 Å². The number of aliphatic hydroxyl groups is 1. The van der Waals surface area contributed by atoms with Gasteiger partial charge in [-0.25, -0.2) is 4.90 Å². The number of amides is 2. The summed E-state index contributed by atoms with van der Waals surface area (Å²) in [6.45, 7) is 1.45. The Morgan fingerprint density at radius 2 is 2.00 bits per heavy atom. The average molecular weight is 320 g/mol. The SMILES string of the molecule is C[C@@]12C=C[C@@](CO)(O1)[C@H]1C(=O)N(c3cccc(Cl)c3)C(=O)[C@@H]12. The van der Waals surface area contributed by atoms with E-state index in [4.69, 9.17) is 16.3 Å². The van der Waals surface area contributed by atoms with Crippen molar-refractivity contribution in [3.63, 3.8) is 0 Å². The molecule has 2 saturated heterocycles. The molecule has 114 valence electrons. The highest BCUT2D eigenvalue weighted by Gasteiger charge is 2.72. The second-order valence-electron chi connectivity index (χ2n) is 6.18. The summed E-state index contributed by atoms with van der Waals surface area (Å²) >= 11 is 5.96. The van der Waals surface area contributed by atoms with Crippen molar-refractivity contribution in [2.45, 2.75) is 18.1 Å². The van der Waals surface area contributed by atoms with E-state index in [-0.39, 0.29) is 18.4 Å². The van der Waals surface area contributed by atoms with Crippen LogP contribution in [0.5, 0.6) is 0 Å². The van der Waals surface area contributed by atoms with Crippen LogP contribution in [0.1, 0.15) is 6.92 Å². The predicted molar refractivity (Wildman–Crippen MR) is 79.4 cm³/mol. The van der Waals surface area contributed by atoms with Gasteiger partial charge in [0.25, 0.3) is 0 Å². The Morgan fingerprint density at radius 3 is 2.68 bits per heavy atom. The smallest absolute Gasteiger partial charge is 0.241 e. The van der Waals surface area contributed by atoms with Crippen LogP contribution in [0.15, 0.2) is 36.4 Å². The lowest BCUT2D eigenvalue weighted by Gasteiger charge is -2.26. The third-order valence-electron chi connectivity index (χ3n) is 4.87. The number of halogens is 1. The minimum Gasteiger partial charge on any atom is -0.393 e. The number of carbonyl (C=O) groups excluding carboxylic acids is 2. The largest absolute Gasteiger partial charge is 0.393 e. The molecule has 2 amide bonds. The fourth-order valence-corrected chi connectivity index (χ4v) is 4.10. The molecular formula is C16H14ClNO4. The quantitative estimate of drug-likeness (QED) is 0.663. The van der Waals surface area contributed by atoms with Crippen LogP contribution in [-0.4, -0.2) is 34.7 Å². The summed E-state index contributed by atoms with van der Waals surface area (Å²) in [6, 6.07) is 6.64. The average Bonchev–Trinajstić information content (AvgIpc) is 3.05. The number of hydrogen-bond acceptors (Lipinski definition) is 4. The molecule has 0 aromatic heterocycles. The van der Waals surface area contributed by atoms with E-state index in [1.165, 1.54) is 4.90 Å². The number of ether oxygens (including phenoxy) is 1. The van der Waals surface area contributed by atoms with Crippen molar-refractivity contribution in [2.24, 2.45) is 11.8 Å². The molecule has 1 N–H and O–H groups in total. The monoisotopic (exact) mass is 319 g/mol. The molecule has 4 rings (SSSR count). The number of hydrogen-bond donors (Lipinski definition) is 1. The topological polar surface area (TPSA) is 66.8 Å². The van der Waals surface area contributed by atoms with E-state index in [1.54, 1.807) is 43.3 Å². The lowest BCUT2D eigenvalue weighted by molar-refractivity contribution is -0.131. The predicted octanol–water partition coefficient (Wildman–Crippen LogP) is 1.54. The van der Waals surface area contributed by atoms with E-state index < -0.39 is 23.0 Å². The number of benzene rings is 1. The molecular weight excluding hydrogens is 306 g/mol. The van der Waals surface area contributed by atoms with E-state index >= 15 is 0 Å². The molecule has 3 aliphatic heterocycles. The molecule has 1 aromatic rings. The van der Waals surface area contributed by atoms with Crippen molar-refractivity contribution in [1.82, 2.24) is 0 Å². The van der Waals surface area contributed by atoms with Gasteiger partial charge in [-0.3, -0.25) is 9.59 Å². The highest BCUT2D eigenvalue weighted by Crippen LogP contribution is 2.57. The van der Waals surface area contributed by atoms with Gasteiger partial charge in [-0.15, -0.1) is 0 Å². The zero-order valence-electron chi connectivity index (χ0n) is 11.8. The van der Waals surface area contributed by atoms with Gasteiger partial charge in [0.15, 0.2) is 0 Å². The molecule has 4 atom stereocenters. The Hall–Kier alpha value is -1.69. The first-order chi connectivity index (χ1) is 10.4. The number of anilines is 1. The highest BCUT2D eigenvalue weighted by atomic mass is 35.5. The summed E-state index contributed by atoms with van der Waals surface area (Å²) < 4.78 is 5.86. The van der Waals surface area contributed by atoms with Crippen LogP contribution in [0, 0.1) is 11.8 Å². The summed E-state index contributed by atoms with van der Waals surface area (Å²) in [4.78, 5) is 26.8. The first-order valence-corrected chi connectivity index (χ1v) is 7.44. The van der Waals surface area contributed by atoms with Crippen LogP contribution < -0.4 is 4.90 Å². The van der Waals surface area contributed by atoms with Crippen molar-refractivity contribution in [2.75, 3.05) is 11.5 Å². The number of aliphatic hydroxyl groups excluding tert-OH is 1. The lowest BCUT2D eigenvalue weighted by Crippen LogP contribution is -2.43. The number of nitrogens with zero attached hydrogens (tertiary/aromatic N) is 1. The Morgan fingerprint density at radius 1 is 1.27 bits per heavy atom. The molecule has 22 heavy (non-hydrogen) atoms. The van der Waals surface area contributed by atoms with Gasteiger partial charge in [-0.1, -0.05) is 29.8 Å². The molecule has 3 aliphatic rings. The maximum absolute atomic E-state index is 12.8. The van der Waals surface area contributed by atoms with Crippen LogP contribution in [0.25, 0.3) is 0 Å². The minimum absolute atomic E-state index is 0.306. The molecule has 2 fully saturated rings. The van der Waals surface area contributed by atoms with Crippen molar-refractivity contribution in [1.29, 1.82) is 0 Å². The first-order valence-electron chi connectivity index (χ1n) is 7.07. The Kier molecular flexibility index (Phi) is 2.65. The molecule has 0 saturated carbocycles. The highest BCUT2D eigenvalue weighted by molar-refractivity contribution is 6.31. The van der Waals surface area contributed by atoms with E-state index in [9.17, 15) is 14.7 Å². The van der Waals surface area contributed by atoms with Gasteiger partial charge in [0, 0.05) is 5.02 Å². The van der Waals surface area contributed by atoms with Crippen LogP contribution in [0.4, 0.5) is 5.69 Å². The third-order valence-corrected chi connectivity index (χ3v) is 5.11. The fraction of sp³-hybridized carbons (Fsp3) is 0.375. The Labute approximate surface area is 132 Å². The molecule has 6 heteroatoms. The normalized spacial score (nSPS) is 39.0. The molecule has 0 aliphatic carbocycles. The van der Waals surface area contributed by atoms with Gasteiger partial charge in [0.2, 0.25) is 11.8 Å². The van der Waals surface area contributed by atoms with Gasteiger partial charge < -0.3 is 9.84 Å². The molecule has 0 radical (unpaired) electrons. The van der Waals surface area contributed by atoms with Crippen molar-refractivity contribution < 1.29 is 19.4 Å². The maximum atomic E-state index is 12.8. The van der Waals surface area contributed by atoms with Gasteiger partial charge in [0.1, 0.15) is 5.60 Å². The summed E-state index contributed by atoms with van der Waals surface area (Å²) in [6.07, 6.45) is 3.48. The molecule has 0 unspecified atom stereocenters. The Bertz CT molecular complexity index is 733. The van der Waals surface area contributed by atoms with E-state index in [2.05, 4.69) is 0 Å². The summed E-state index contributed by atoms with van der Waals surface area (Å²) in [5.74, 6) is -1.96. The Balaban J connectivity index is 1.82. The third kappa shape index (κ3) is 1.51. The fourth-order valence-electron chi connectivity index (χ4n) is 3.91. The standard InChI is InChI=1S/C16H14ClNO4/c1-15-5-6-16(8-19,22-15)12-11(15)13(20)18(14(12)21)10-4-2-3-9(17)7-10/h2-7,11-12,19H,8H2,1H3/t11-,12-,15+,16+/m1/s1. The van der Waals surface area contributed by atoms with Crippen LogP contribution in [0.3, 0.4) is 0 Å². The summed E-state index contributed by atoms with van der Waals surface area (Å²) in [5.41, 5.74) is -1.50. The number of rotatable bonds is 2.